The Labute approximate surface area is 153 Å². The molecule has 0 fully saturated rings. The Kier molecular flexibility index (Phi) is 4.72. The molecule has 1 atom stereocenters. The highest BCUT2D eigenvalue weighted by atomic mass is 19.4. The van der Waals surface area contributed by atoms with E-state index in [0.717, 1.165) is 17.6 Å². The second kappa shape index (κ2) is 6.72. The summed E-state index contributed by atoms with van der Waals surface area (Å²) in [5, 5.41) is 14.1. The molecule has 3 rings (SSSR count). The molecule has 1 aliphatic rings. The minimum absolute atomic E-state index is 0.125. The Morgan fingerprint density at radius 1 is 1.37 bits per heavy atom. The number of nitrogens with two attached hydrogens (primary N) is 1. The number of halogens is 3. The van der Waals surface area contributed by atoms with E-state index < -0.39 is 17.4 Å². The van der Waals surface area contributed by atoms with Crippen molar-refractivity contribution in [1.82, 2.24) is 24.9 Å². The summed E-state index contributed by atoms with van der Waals surface area (Å²) in [4.78, 5) is 3.94. The molecule has 2 aromatic rings. The third kappa shape index (κ3) is 4.13. The van der Waals surface area contributed by atoms with Crippen LogP contribution in [-0.4, -0.2) is 37.4 Å². The smallest absolute Gasteiger partial charge is 0.332 e. The van der Waals surface area contributed by atoms with E-state index in [-0.39, 0.29) is 5.96 Å². The van der Waals surface area contributed by atoms with Crippen molar-refractivity contribution in [2.24, 2.45) is 17.8 Å². The van der Waals surface area contributed by atoms with Crippen LogP contribution in [0.3, 0.4) is 0 Å². The number of hydrogen-bond acceptors (Lipinski definition) is 6. The van der Waals surface area contributed by atoms with Gasteiger partial charge in [0.1, 0.15) is 5.66 Å². The second-order valence-electron chi connectivity index (χ2n) is 6.53. The molecule has 11 heteroatoms. The molecule has 0 aliphatic carbocycles. The summed E-state index contributed by atoms with van der Waals surface area (Å²) in [5.74, 6) is 0.125. The van der Waals surface area contributed by atoms with E-state index in [4.69, 9.17) is 5.73 Å². The number of nitrogens with one attached hydrogen (secondary N) is 2. The fourth-order valence-corrected chi connectivity index (χ4v) is 2.78. The van der Waals surface area contributed by atoms with Crippen molar-refractivity contribution in [1.29, 1.82) is 0 Å². The van der Waals surface area contributed by atoms with E-state index >= 15 is 0 Å². The van der Waals surface area contributed by atoms with Gasteiger partial charge in [-0.25, -0.2) is 4.99 Å². The maximum Gasteiger partial charge on any atom is 0.417 e. The van der Waals surface area contributed by atoms with Crippen molar-refractivity contribution in [3.8, 4) is 0 Å². The molecule has 0 saturated carbocycles. The van der Waals surface area contributed by atoms with Gasteiger partial charge in [0.25, 0.3) is 0 Å². The van der Waals surface area contributed by atoms with Gasteiger partial charge < -0.3 is 16.4 Å². The van der Waals surface area contributed by atoms with Gasteiger partial charge in [0.2, 0.25) is 5.96 Å². The van der Waals surface area contributed by atoms with Gasteiger partial charge in [0.05, 0.1) is 28.8 Å². The van der Waals surface area contributed by atoms with Gasteiger partial charge in [-0.15, -0.1) is 0 Å². The number of anilines is 1. The van der Waals surface area contributed by atoms with Gasteiger partial charge in [0.15, 0.2) is 0 Å². The molecule has 2 aromatic heterocycles. The van der Waals surface area contributed by atoms with E-state index in [9.17, 15) is 13.2 Å². The summed E-state index contributed by atoms with van der Waals surface area (Å²) < 4.78 is 42.5. The second-order valence-corrected chi connectivity index (χ2v) is 6.53. The van der Waals surface area contributed by atoms with E-state index in [1.165, 1.54) is 6.92 Å². The number of guanidine groups is 1. The molecular weight excluding hydrogens is 361 g/mol. The van der Waals surface area contributed by atoms with Gasteiger partial charge in [-0.2, -0.15) is 23.4 Å². The summed E-state index contributed by atoms with van der Waals surface area (Å²) in [5.41, 5.74) is 5.30. The van der Waals surface area contributed by atoms with Crippen LogP contribution in [-0.2, 0) is 20.0 Å². The van der Waals surface area contributed by atoms with Crippen LogP contribution < -0.4 is 16.4 Å². The molecule has 0 spiro atoms. The number of aryl methyl sites for hydroxylation is 3. The lowest BCUT2D eigenvalue weighted by molar-refractivity contribution is -0.100. The first-order valence-electron chi connectivity index (χ1n) is 8.27. The molecule has 3 heterocycles. The van der Waals surface area contributed by atoms with Crippen molar-refractivity contribution >= 4 is 11.6 Å². The van der Waals surface area contributed by atoms with Crippen LogP contribution in [0.4, 0.5) is 18.9 Å². The zero-order chi connectivity index (χ0) is 19.8. The Hall–Kier alpha value is -2.82. The van der Waals surface area contributed by atoms with E-state index in [2.05, 4.69) is 25.8 Å². The van der Waals surface area contributed by atoms with E-state index in [1.807, 2.05) is 26.2 Å². The van der Waals surface area contributed by atoms with Crippen molar-refractivity contribution in [2.75, 3.05) is 5.32 Å². The zero-order valence-electron chi connectivity index (χ0n) is 15.2. The van der Waals surface area contributed by atoms with Crippen molar-refractivity contribution in [3.05, 3.63) is 41.6 Å². The predicted molar refractivity (Wildman–Crippen MR) is 94.8 cm³/mol. The maximum atomic E-state index is 13.0. The normalized spacial score (nSPS) is 20.1. The number of aromatic nitrogens is 4. The third-order valence-electron chi connectivity index (χ3n) is 4.25. The number of alkyl halides is 3. The highest BCUT2D eigenvalue weighted by Gasteiger charge is 2.45. The molecule has 0 radical (unpaired) electrons. The highest BCUT2D eigenvalue weighted by Crippen LogP contribution is 2.34. The lowest BCUT2D eigenvalue weighted by atomic mass is 10.0. The quantitative estimate of drug-likeness (QED) is 0.747. The highest BCUT2D eigenvalue weighted by molar-refractivity contribution is 5.95. The summed E-state index contributed by atoms with van der Waals surface area (Å²) in [7, 11) is 1.85. The van der Waals surface area contributed by atoms with Gasteiger partial charge in [-0.3, -0.25) is 9.36 Å². The van der Waals surface area contributed by atoms with E-state index in [1.54, 1.807) is 15.6 Å². The van der Waals surface area contributed by atoms with Crippen LogP contribution in [0.5, 0.6) is 0 Å². The molecule has 0 bridgehead atoms. The monoisotopic (exact) mass is 382 g/mol. The fourth-order valence-electron chi connectivity index (χ4n) is 2.78. The van der Waals surface area contributed by atoms with Crippen LogP contribution in [0, 0.1) is 6.92 Å². The number of hydrogen-bond donors (Lipinski definition) is 3. The number of nitrogens with zero attached hydrogens (tertiary/aromatic N) is 5. The van der Waals surface area contributed by atoms with Crippen LogP contribution in [0.15, 0.2) is 35.2 Å². The van der Waals surface area contributed by atoms with Crippen molar-refractivity contribution < 1.29 is 13.2 Å². The standard InChI is InChI=1S/C16H21F3N8/c1-10-12(8-22-27(10)7-5-11-4-6-26(3)25-11)23-14-21-9-13(16(17,18)19)15(2,20)24-14/h4,6,8-9H,5,7,20H2,1-3H3,(H2,21,23,24). The Bertz CT molecular complexity index is 888. The first kappa shape index (κ1) is 19.0. The minimum atomic E-state index is -4.56. The Morgan fingerprint density at radius 3 is 2.70 bits per heavy atom. The van der Waals surface area contributed by atoms with E-state index in [0.29, 0.717) is 18.7 Å². The molecule has 0 saturated heterocycles. The molecular formula is C16H21F3N8. The fraction of sp³-hybridized carbons (Fsp3) is 0.438. The third-order valence-corrected chi connectivity index (χ3v) is 4.25. The topological polar surface area (TPSA) is 98.1 Å². The number of rotatable bonds is 4. The summed E-state index contributed by atoms with van der Waals surface area (Å²) in [6, 6.07) is 1.94. The molecule has 4 N–H and O–H groups in total. The van der Waals surface area contributed by atoms with Crippen molar-refractivity contribution in [3.63, 3.8) is 0 Å². The van der Waals surface area contributed by atoms with Crippen LogP contribution in [0.25, 0.3) is 0 Å². The molecule has 1 unspecified atom stereocenters. The van der Waals surface area contributed by atoms with Gasteiger partial charge in [-0.1, -0.05) is 0 Å². The van der Waals surface area contributed by atoms with Gasteiger partial charge >= 0.3 is 6.18 Å². The Morgan fingerprint density at radius 2 is 2.11 bits per heavy atom. The van der Waals surface area contributed by atoms with Crippen LogP contribution >= 0.6 is 0 Å². The summed E-state index contributed by atoms with van der Waals surface area (Å²) >= 11 is 0. The SMILES string of the molecule is Cc1c(NC2=NC(C)(N)C(C(F)(F)F)=CN2)cnn1CCc1ccn(C)n1. The molecule has 0 amide bonds. The molecule has 0 aromatic carbocycles. The van der Waals surface area contributed by atoms with Crippen LogP contribution in [0.1, 0.15) is 18.3 Å². The lowest BCUT2D eigenvalue weighted by Gasteiger charge is -2.30. The lowest BCUT2D eigenvalue weighted by Crippen LogP contribution is -2.49. The zero-order valence-corrected chi connectivity index (χ0v) is 15.2. The van der Waals surface area contributed by atoms with Crippen LogP contribution in [0.2, 0.25) is 0 Å². The molecule has 27 heavy (non-hydrogen) atoms. The largest absolute Gasteiger partial charge is 0.417 e. The molecule has 146 valence electrons. The maximum absolute atomic E-state index is 13.0. The average molecular weight is 382 g/mol. The molecule has 1 aliphatic heterocycles. The molecule has 8 nitrogen and oxygen atoms in total. The Balaban J connectivity index is 1.68. The summed E-state index contributed by atoms with van der Waals surface area (Å²) in [6.45, 7) is 3.69. The predicted octanol–water partition coefficient (Wildman–Crippen LogP) is 1.66. The minimum Gasteiger partial charge on any atom is -0.332 e. The van der Waals surface area contributed by atoms with Crippen molar-refractivity contribution in [2.45, 2.75) is 38.7 Å². The van der Waals surface area contributed by atoms with Gasteiger partial charge in [-0.05, 0) is 19.9 Å². The van der Waals surface area contributed by atoms with Gasteiger partial charge in [0, 0.05) is 32.4 Å². The average Bonchev–Trinajstić information content (AvgIpc) is 3.10. The number of aliphatic imine (C=N–C) groups is 1. The first-order valence-corrected chi connectivity index (χ1v) is 8.27. The summed E-state index contributed by atoms with van der Waals surface area (Å²) in [6.07, 6.45) is 0.445. The first-order chi connectivity index (χ1) is 12.6.